The van der Waals surface area contributed by atoms with Gasteiger partial charge in [-0.05, 0) is 6.07 Å². The summed E-state index contributed by atoms with van der Waals surface area (Å²) in [5.74, 6) is -1.23. The van der Waals surface area contributed by atoms with E-state index in [4.69, 9.17) is 5.11 Å². The second-order valence-corrected chi connectivity index (χ2v) is 3.14. The highest BCUT2D eigenvalue weighted by molar-refractivity contribution is 5.96. The Hall–Kier alpha value is -2.51. The lowest BCUT2D eigenvalue weighted by Crippen LogP contribution is -2.00. The van der Waals surface area contributed by atoms with Crippen LogP contribution in [0, 0.1) is 10.1 Å². The van der Waals surface area contributed by atoms with Crippen molar-refractivity contribution < 1.29 is 14.8 Å². The molecule has 1 N–H and O–H groups in total. The van der Waals surface area contributed by atoms with Gasteiger partial charge >= 0.3 is 5.97 Å². The van der Waals surface area contributed by atoms with E-state index in [1.54, 1.807) is 0 Å². The average molecular weight is 222 g/mol. The van der Waals surface area contributed by atoms with E-state index in [-0.39, 0.29) is 16.8 Å². The first kappa shape index (κ1) is 10.0. The summed E-state index contributed by atoms with van der Waals surface area (Å²) < 4.78 is 1.29. The van der Waals surface area contributed by atoms with Crippen LogP contribution in [-0.2, 0) is 7.05 Å². The van der Waals surface area contributed by atoms with E-state index in [2.05, 4.69) is 10.3 Å². The van der Waals surface area contributed by atoms with Gasteiger partial charge in [0.25, 0.3) is 5.69 Å². The SMILES string of the molecule is Cn1nnc2c([N+](=O)[O-])cc(C(=O)O)cc21. The molecule has 0 radical (unpaired) electrons. The van der Waals surface area contributed by atoms with Crippen molar-refractivity contribution in [2.24, 2.45) is 7.05 Å². The maximum Gasteiger partial charge on any atom is 0.336 e. The quantitative estimate of drug-likeness (QED) is 0.587. The van der Waals surface area contributed by atoms with Gasteiger partial charge in [-0.1, -0.05) is 5.21 Å². The first-order valence-corrected chi connectivity index (χ1v) is 4.22. The summed E-state index contributed by atoms with van der Waals surface area (Å²) in [5.41, 5.74) is -0.128. The number of rotatable bonds is 2. The number of nitro groups is 1. The Labute approximate surface area is 88.2 Å². The number of aromatic carboxylic acids is 1. The molecule has 0 saturated heterocycles. The molecule has 1 heterocycles. The average Bonchev–Trinajstić information content (AvgIpc) is 2.59. The number of hydrogen-bond donors (Lipinski definition) is 1. The fourth-order valence-electron chi connectivity index (χ4n) is 1.38. The molecule has 0 unspecified atom stereocenters. The van der Waals surface area contributed by atoms with Crippen LogP contribution in [0.25, 0.3) is 11.0 Å². The first-order chi connectivity index (χ1) is 7.50. The summed E-state index contributed by atoms with van der Waals surface area (Å²) in [7, 11) is 1.53. The van der Waals surface area contributed by atoms with E-state index in [1.165, 1.54) is 17.8 Å². The van der Waals surface area contributed by atoms with Crippen LogP contribution in [-0.4, -0.2) is 31.0 Å². The van der Waals surface area contributed by atoms with Crippen LogP contribution in [0.2, 0.25) is 0 Å². The van der Waals surface area contributed by atoms with Crippen molar-refractivity contribution in [3.63, 3.8) is 0 Å². The molecular formula is C8H6N4O4. The number of fused-ring (bicyclic) bond motifs is 1. The Bertz CT molecular complexity index is 603. The fourth-order valence-corrected chi connectivity index (χ4v) is 1.38. The van der Waals surface area contributed by atoms with E-state index in [0.29, 0.717) is 5.52 Å². The highest BCUT2D eigenvalue weighted by atomic mass is 16.6. The van der Waals surface area contributed by atoms with E-state index in [9.17, 15) is 14.9 Å². The number of non-ortho nitro benzene ring substituents is 1. The molecule has 0 spiro atoms. The molecule has 2 aromatic rings. The van der Waals surface area contributed by atoms with E-state index < -0.39 is 10.9 Å². The number of nitrogens with zero attached hydrogens (tertiary/aromatic N) is 4. The van der Waals surface area contributed by atoms with Crippen LogP contribution in [0.5, 0.6) is 0 Å². The monoisotopic (exact) mass is 222 g/mol. The van der Waals surface area contributed by atoms with Crippen molar-refractivity contribution in [1.82, 2.24) is 15.0 Å². The normalized spacial score (nSPS) is 10.6. The number of aryl methyl sites for hydroxylation is 1. The van der Waals surface area contributed by atoms with E-state index in [1.807, 2.05) is 0 Å². The highest BCUT2D eigenvalue weighted by Gasteiger charge is 2.20. The number of benzene rings is 1. The molecule has 16 heavy (non-hydrogen) atoms. The fraction of sp³-hybridized carbons (Fsp3) is 0.125. The molecule has 0 aliphatic rings. The van der Waals surface area contributed by atoms with Crippen LogP contribution >= 0.6 is 0 Å². The van der Waals surface area contributed by atoms with Crippen molar-refractivity contribution in [2.45, 2.75) is 0 Å². The van der Waals surface area contributed by atoms with Crippen LogP contribution in [0.1, 0.15) is 10.4 Å². The first-order valence-electron chi connectivity index (χ1n) is 4.22. The van der Waals surface area contributed by atoms with Gasteiger partial charge in [-0.3, -0.25) is 10.1 Å². The Morgan fingerprint density at radius 1 is 1.56 bits per heavy atom. The van der Waals surface area contributed by atoms with Gasteiger partial charge < -0.3 is 5.11 Å². The minimum Gasteiger partial charge on any atom is -0.478 e. The number of carbonyl (C=O) groups is 1. The molecule has 0 atom stereocenters. The lowest BCUT2D eigenvalue weighted by atomic mass is 10.1. The zero-order valence-electron chi connectivity index (χ0n) is 8.12. The largest absolute Gasteiger partial charge is 0.478 e. The lowest BCUT2D eigenvalue weighted by molar-refractivity contribution is -0.383. The summed E-state index contributed by atoms with van der Waals surface area (Å²) >= 11 is 0. The van der Waals surface area contributed by atoms with E-state index in [0.717, 1.165) is 6.07 Å². The van der Waals surface area contributed by atoms with Gasteiger partial charge in [0.05, 0.1) is 16.0 Å². The summed E-state index contributed by atoms with van der Waals surface area (Å²) in [6.45, 7) is 0. The molecule has 0 aliphatic heterocycles. The Morgan fingerprint density at radius 2 is 2.25 bits per heavy atom. The van der Waals surface area contributed by atoms with Gasteiger partial charge in [0.1, 0.15) is 0 Å². The van der Waals surface area contributed by atoms with Crippen LogP contribution in [0.4, 0.5) is 5.69 Å². The number of carboxylic acid groups (broad SMARTS) is 1. The maximum absolute atomic E-state index is 10.8. The predicted octanol–water partition coefficient (Wildman–Crippen LogP) is 0.575. The third-order valence-corrected chi connectivity index (χ3v) is 2.14. The van der Waals surface area contributed by atoms with Gasteiger partial charge in [-0.15, -0.1) is 5.10 Å². The molecule has 1 aromatic heterocycles. The second-order valence-electron chi connectivity index (χ2n) is 3.14. The summed E-state index contributed by atoms with van der Waals surface area (Å²) in [6, 6.07) is 2.27. The Balaban J connectivity index is 2.86. The van der Waals surface area contributed by atoms with Crippen molar-refractivity contribution in [3.8, 4) is 0 Å². The van der Waals surface area contributed by atoms with Gasteiger partial charge in [-0.2, -0.15) is 0 Å². The number of nitro benzene ring substituents is 1. The number of aromatic nitrogens is 3. The van der Waals surface area contributed by atoms with Crippen molar-refractivity contribution in [3.05, 3.63) is 27.8 Å². The molecule has 0 fully saturated rings. The van der Waals surface area contributed by atoms with Crippen LogP contribution in [0.3, 0.4) is 0 Å². The molecule has 2 rings (SSSR count). The third-order valence-electron chi connectivity index (χ3n) is 2.14. The van der Waals surface area contributed by atoms with Gasteiger partial charge in [0.15, 0.2) is 5.52 Å². The van der Waals surface area contributed by atoms with Crippen molar-refractivity contribution in [2.75, 3.05) is 0 Å². The molecule has 1 aromatic carbocycles. The van der Waals surface area contributed by atoms with Crippen LogP contribution in [0.15, 0.2) is 12.1 Å². The van der Waals surface area contributed by atoms with Gasteiger partial charge in [0.2, 0.25) is 0 Å². The standard InChI is InChI=1S/C8H6N4O4/c1-11-5-2-4(8(13)14)3-6(12(15)16)7(5)9-10-11/h2-3H,1H3,(H,13,14). The Kier molecular flexibility index (Phi) is 2.04. The summed E-state index contributed by atoms with van der Waals surface area (Å²) in [6.07, 6.45) is 0. The van der Waals surface area contributed by atoms with Gasteiger partial charge in [0, 0.05) is 13.1 Å². The molecule has 82 valence electrons. The molecule has 8 nitrogen and oxygen atoms in total. The smallest absolute Gasteiger partial charge is 0.336 e. The molecular weight excluding hydrogens is 216 g/mol. The molecule has 0 aliphatic carbocycles. The molecule has 0 amide bonds. The Morgan fingerprint density at radius 3 is 2.81 bits per heavy atom. The zero-order valence-corrected chi connectivity index (χ0v) is 8.12. The molecule has 0 saturated carbocycles. The summed E-state index contributed by atoms with van der Waals surface area (Å²) in [4.78, 5) is 20.8. The maximum atomic E-state index is 10.8. The second kappa shape index (κ2) is 3.26. The van der Waals surface area contributed by atoms with E-state index >= 15 is 0 Å². The lowest BCUT2D eigenvalue weighted by Gasteiger charge is -1.97. The summed E-state index contributed by atoms with van der Waals surface area (Å²) in [5, 5.41) is 26.8. The zero-order chi connectivity index (χ0) is 11.9. The molecule has 8 heteroatoms. The van der Waals surface area contributed by atoms with Crippen LogP contribution < -0.4 is 0 Å². The minimum absolute atomic E-state index is 0.0810. The number of carboxylic acids is 1. The highest BCUT2D eigenvalue weighted by Crippen LogP contribution is 2.24. The minimum atomic E-state index is -1.23. The predicted molar refractivity (Wildman–Crippen MR) is 52.1 cm³/mol. The topological polar surface area (TPSA) is 111 Å². The third kappa shape index (κ3) is 1.36. The number of hydrogen-bond acceptors (Lipinski definition) is 5. The van der Waals surface area contributed by atoms with Crippen molar-refractivity contribution in [1.29, 1.82) is 0 Å². The van der Waals surface area contributed by atoms with Crippen molar-refractivity contribution >= 4 is 22.7 Å². The van der Waals surface area contributed by atoms with Gasteiger partial charge in [-0.25, -0.2) is 9.48 Å². The molecule has 0 bridgehead atoms.